The summed E-state index contributed by atoms with van der Waals surface area (Å²) in [6, 6.07) is 9.18. The van der Waals surface area contributed by atoms with Crippen molar-refractivity contribution < 1.29 is 4.79 Å². The summed E-state index contributed by atoms with van der Waals surface area (Å²) < 4.78 is 0. The number of aryl methyl sites for hydroxylation is 1. The van der Waals surface area contributed by atoms with Gasteiger partial charge in [-0.05, 0) is 42.2 Å². The summed E-state index contributed by atoms with van der Waals surface area (Å²) >= 11 is 0. The van der Waals surface area contributed by atoms with Crippen LogP contribution in [0.25, 0.3) is 0 Å². The Morgan fingerprint density at radius 1 is 1.33 bits per heavy atom. The molecule has 0 aromatic heterocycles. The highest BCUT2D eigenvalue weighted by atomic mass is 16.2. The Labute approximate surface area is 126 Å². The minimum absolute atomic E-state index is 0.265. The van der Waals surface area contributed by atoms with Crippen LogP contribution < -0.4 is 5.32 Å². The van der Waals surface area contributed by atoms with Gasteiger partial charge in [-0.1, -0.05) is 31.2 Å². The van der Waals surface area contributed by atoms with E-state index in [2.05, 4.69) is 41.4 Å². The average Bonchev–Trinajstić information content (AvgIpc) is 3.19. The van der Waals surface area contributed by atoms with Crippen LogP contribution >= 0.6 is 0 Å². The van der Waals surface area contributed by atoms with Gasteiger partial charge < -0.3 is 10.2 Å². The third kappa shape index (κ3) is 2.10. The highest BCUT2D eigenvalue weighted by Gasteiger charge is 2.58. The van der Waals surface area contributed by atoms with Crippen LogP contribution in [0.3, 0.4) is 0 Å². The Bertz CT molecular complexity index is 552. The van der Waals surface area contributed by atoms with Crippen molar-refractivity contribution in [1.82, 2.24) is 10.2 Å². The Hall–Kier alpha value is -1.35. The summed E-state index contributed by atoms with van der Waals surface area (Å²) in [6.45, 7) is 5.04. The predicted octanol–water partition coefficient (Wildman–Crippen LogP) is 2.17. The SMILES string of the molecule is CCCN(C(=O)C1C2CCc3ccccc3C21)C1CNC1. The Morgan fingerprint density at radius 3 is 2.86 bits per heavy atom. The summed E-state index contributed by atoms with van der Waals surface area (Å²) in [7, 11) is 0. The minimum Gasteiger partial charge on any atom is -0.337 e. The number of nitrogens with zero attached hydrogens (tertiary/aromatic N) is 1. The number of amides is 1. The van der Waals surface area contributed by atoms with Gasteiger partial charge in [0.2, 0.25) is 5.91 Å². The number of nitrogens with one attached hydrogen (secondary N) is 1. The molecule has 1 N–H and O–H groups in total. The van der Waals surface area contributed by atoms with E-state index < -0.39 is 0 Å². The van der Waals surface area contributed by atoms with Gasteiger partial charge >= 0.3 is 0 Å². The molecule has 0 bridgehead atoms. The van der Waals surface area contributed by atoms with Crippen molar-refractivity contribution in [3.05, 3.63) is 35.4 Å². The van der Waals surface area contributed by atoms with E-state index in [1.165, 1.54) is 17.5 Å². The molecule has 1 amide bonds. The first-order chi connectivity index (χ1) is 10.3. The molecule has 21 heavy (non-hydrogen) atoms. The van der Waals surface area contributed by atoms with Crippen LogP contribution in [0.5, 0.6) is 0 Å². The van der Waals surface area contributed by atoms with Crippen LogP contribution in [0.4, 0.5) is 0 Å². The van der Waals surface area contributed by atoms with Gasteiger partial charge in [0.05, 0.1) is 6.04 Å². The van der Waals surface area contributed by atoms with Crippen LogP contribution in [0, 0.1) is 11.8 Å². The fourth-order valence-corrected chi connectivity index (χ4v) is 4.30. The van der Waals surface area contributed by atoms with Crippen molar-refractivity contribution in [3.63, 3.8) is 0 Å². The number of carbonyl (C=O) groups excluding carboxylic acids is 1. The summed E-state index contributed by atoms with van der Waals surface area (Å²) in [5.41, 5.74) is 2.93. The van der Waals surface area contributed by atoms with Crippen molar-refractivity contribution in [3.8, 4) is 0 Å². The van der Waals surface area contributed by atoms with E-state index in [0.29, 0.717) is 23.8 Å². The molecule has 4 rings (SSSR count). The van der Waals surface area contributed by atoms with E-state index in [4.69, 9.17) is 0 Å². The second kappa shape index (κ2) is 5.13. The normalized spacial score (nSPS) is 30.0. The van der Waals surface area contributed by atoms with Crippen LogP contribution in [0.2, 0.25) is 0 Å². The average molecular weight is 284 g/mol. The molecular weight excluding hydrogens is 260 g/mol. The lowest BCUT2D eigenvalue weighted by atomic mass is 9.92. The molecule has 1 aromatic carbocycles. The van der Waals surface area contributed by atoms with Crippen LogP contribution in [0.1, 0.15) is 36.8 Å². The molecule has 2 fully saturated rings. The molecule has 1 aliphatic heterocycles. The zero-order valence-electron chi connectivity index (χ0n) is 12.7. The Morgan fingerprint density at radius 2 is 2.14 bits per heavy atom. The van der Waals surface area contributed by atoms with Crippen molar-refractivity contribution in [2.24, 2.45) is 11.8 Å². The molecule has 0 spiro atoms. The maximum absolute atomic E-state index is 13.0. The zero-order chi connectivity index (χ0) is 14.4. The van der Waals surface area contributed by atoms with E-state index in [9.17, 15) is 4.79 Å². The third-order valence-corrected chi connectivity index (χ3v) is 5.56. The van der Waals surface area contributed by atoms with Gasteiger partial charge in [-0.2, -0.15) is 0 Å². The fourth-order valence-electron chi connectivity index (χ4n) is 4.30. The van der Waals surface area contributed by atoms with Gasteiger partial charge in [0.15, 0.2) is 0 Å². The lowest BCUT2D eigenvalue weighted by Gasteiger charge is -2.38. The lowest BCUT2D eigenvalue weighted by Crippen LogP contribution is -2.59. The Kier molecular flexibility index (Phi) is 3.26. The molecule has 3 nitrogen and oxygen atoms in total. The van der Waals surface area contributed by atoms with Crippen molar-refractivity contribution in [2.75, 3.05) is 19.6 Å². The molecule has 1 saturated heterocycles. The molecule has 0 radical (unpaired) electrons. The van der Waals surface area contributed by atoms with Gasteiger partial charge in [0, 0.05) is 25.6 Å². The van der Waals surface area contributed by atoms with E-state index in [1.807, 2.05) is 0 Å². The maximum Gasteiger partial charge on any atom is 0.226 e. The van der Waals surface area contributed by atoms with Gasteiger partial charge in [0.1, 0.15) is 0 Å². The van der Waals surface area contributed by atoms with Gasteiger partial charge in [-0.3, -0.25) is 4.79 Å². The number of hydrogen-bond acceptors (Lipinski definition) is 2. The third-order valence-electron chi connectivity index (χ3n) is 5.56. The van der Waals surface area contributed by atoms with E-state index in [-0.39, 0.29) is 5.92 Å². The largest absolute Gasteiger partial charge is 0.337 e. The fraction of sp³-hybridized carbons (Fsp3) is 0.611. The van der Waals surface area contributed by atoms with Crippen molar-refractivity contribution in [2.45, 2.75) is 38.1 Å². The molecule has 3 unspecified atom stereocenters. The van der Waals surface area contributed by atoms with E-state index in [0.717, 1.165) is 32.5 Å². The highest BCUT2D eigenvalue weighted by molar-refractivity contribution is 5.84. The molecule has 2 aliphatic carbocycles. The van der Waals surface area contributed by atoms with Crippen LogP contribution in [-0.4, -0.2) is 36.5 Å². The molecule has 1 heterocycles. The van der Waals surface area contributed by atoms with Crippen molar-refractivity contribution >= 4 is 5.91 Å². The predicted molar refractivity (Wildman–Crippen MR) is 83.1 cm³/mol. The summed E-state index contributed by atoms with van der Waals surface area (Å²) in [5, 5.41) is 3.30. The van der Waals surface area contributed by atoms with Gasteiger partial charge in [-0.25, -0.2) is 0 Å². The number of hydrogen-bond donors (Lipinski definition) is 1. The lowest BCUT2D eigenvalue weighted by molar-refractivity contribution is -0.136. The Balaban J connectivity index is 1.54. The summed E-state index contributed by atoms with van der Waals surface area (Å²) in [5.74, 6) is 1.81. The van der Waals surface area contributed by atoms with Crippen LogP contribution in [0.15, 0.2) is 24.3 Å². The number of fused-ring (bicyclic) bond motifs is 3. The number of rotatable bonds is 4. The van der Waals surface area contributed by atoms with Gasteiger partial charge in [0.25, 0.3) is 0 Å². The van der Waals surface area contributed by atoms with E-state index in [1.54, 1.807) is 0 Å². The van der Waals surface area contributed by atoms with E-state index >= 15 is 0 Å². The standard InChI is InChI=1S/C18H24N2O/c1-2-9-20(13-10-19-11-13)18(21)17-15-8-7-12-5-3-4-6-14(12)16(15)17/h3-6,13,15-17,19H,2,7-11H2,1H3. The molecule has 1 saturated carbocycles. The quantitative estimate of drug-likeness (QED) is 0.919. The first-order valence-corrected chi connectivity index (χ1v) is 8.40. The maximum atomic E-state index is 13.0. The van der Waals surface area contributed by atoms with Crippen LogP contribution in [-0.2, 0) is 11.2 Å². The molecule has 1 aromatic rings. The first-order valence-electron chi connectivity index (χ1n) is 8.40. The number of carbonyl (C=O) groups is 1. The van der Waals surface area contributed by atoms with Crippen molar-refractivity contribution in [1.29, 1.82) is 0 Å². The monoisotopic (exact) mass is 284 g/mol. The second-order valence-corrected chi connectivity index (χ2v) is 6.80. The molecule has 3 aliphatic rings. The van der Waals surface area contributed by atoms with Gasteiger partial charge in [-0.15, -0.1) is 0 Å². The topological polar surface area (TPSA) is 32.3 Å². The molecule has 3 heteroatoms. The summed E-state index contributed by atoms with van der Waals surface area (Å²) in [6.07, 6.45) is 3.40. The number of benzene rings is 1. The molecule has 3 atom stereocenters. The molecular formula is C18H24N2O. The minimum atomic E-state index is 0.265. The molecule has 112 valence electrons. The first kappa shape index (κ1) is 13.3. The smallest absolute Gasteiger partial charge is 0.226 e. The summed E-state index contributed by atoms with van der Waals surface area (Å²) in [4.78, 5) is 15.2. The zero-order valence-corrected chi connectivity index (χ0v) is 12.7. The second-order valence-electron chi connectivity index (χ2n) is 6.80. The highest BCUT2D eigenvalue weighted by Crippen LogP contribution is 2.60.